The van der Waals surface area contributed by atoms with Gasteiger partial charge in [-0.25, -0.2) is 4.39 Å². The highest BCUT2D eigenvalue weighted by atomic mass is 79.9. The zero-order valence-electron chi connectivity index (χ0n) is 9.18. The standard InChI is InChI=1S/C11H14BrFN2O/c1-3-11(2,14)10(16)15-9-7(12)5-4-6-8(9)13/h4-6H,3,14H2,1-2H3,(H,15,16). The van der Waals surface area contributed by atoms with Crippen molar-refractivity contribution in [3.8, 4) is 0 Å². The Hall–Kier alpha value is -0.940. The van der Waals surface area contributed by atoms with Gasteiger partial charge in [0.05, 0.1) is 11.2 Å². The zero-order valence-corrected chi connectivity index (χ0v) is 10.8. The van der Waals surface area contributed by atoms with Crippen LogP contribution >= 0.6 is 15.9 Å². The Balaban J connectivity index is 2.94. The molecule has 0 aliphatic rings. The van der Waals surface area contributed by atoms with Crippen LogP contribution in [-0.2, 0) is 4.79 Å². The van der Waals surface area contributed by atoms with Gasteiger partial charge in [0.1, 0.15) is 5.82 Å². The SMILES string of the molecule is CCC(C)(N)C(=O)Nc1c(F)cccc1Br. The normalized spacial score (nSPS) is 14.3. The number of hydrogen-bond acceptors (Lipinski definition) is 2. The maximum Gasteiger partial charge on any atom is 0.244 e. The molecule has 0 aromatic heterocycles. The fourth-order valence-electron chi connectivity index (χ4n) is 1.03. The van der Waals surface area contributed by atoms with Gasteiger partial charge >= 0.3 is 0 Å². The van der Waals surface area contributed by atoms with E-state index in [2.05, 4.69) is 21.2 Å². The van der Waals surface area contributed by atoms with Gasteiger partial charge in [-0.1, -0.05) is 13.0 Å². The number of carbonyl (C=O) groups is 1. The molecule has 1 amide bonds. The lowest BCUT2D eigenvalue weighted by molar-refractivity contribution is -0.120. The predicted molar refractivity (Wildman–Crippen MR) is 65.6 cm³/mol. The fraction of sp³-hybridized carbons (Fsp3) is 0.364. The van der Waals surface area contributed by atoms with Crippen LogP contribution in [0, 0.1) is 5.82 Å². The number of rotatable bonds is 3. The number of nitrogens with two attached hydrogens (primary N) is 1. The summed E-state index contributed by atoms with van der Waals surface area (Å²) >= 11 is 3.17. The second-order valence-electron chi connectivity index (χ2n) is 3.82. The molecule has 16 heavy (non-hydrogen) atoms. The van der Waals surface area contributed by atoms with E-state index in [1.165, 1.54) is 6.07 Å². The third kappa shape index (κ3) is 2.80. The number of halogens is 2. The topological polar surface area (TPSA) is 55.1 Å². The van der Waals surface area contributed by atoms with Crippen molar-refractivity contribution in [3.63, 3.8) is 0 Å². The minimum absolute atomic E-state index is 0.123. The molecule has 1 atom stereocenters. The quantitative estimate of drug-likeness (QED) is 0.898. The van der Waals surface area contributed by atoms with E-state index in [1.54, 1.807) is 26.0 Å². The highest BCUT2D eigenvalue weighted by molar-refractivity contribution is 9.10. The first-order valence-electron chi connectivity index (χ1n) is 4.93. The largest absolute Gasteiger partial charge is 0.321 e. The van der Waals surface area contributed by atoms with Gasteiger partial charge in [-0.2, -0.15) is 0 Å². The molecule has 0 aliphatic heterocycles. The molecule has 1 aromatic rings. The number of amides is 1. The summed E-state index contributed by atoms with van der Waals surface area (Å²) < 4.78 is 13.9. The molecular formula is C11H14BrFN2O. The molecule has 88 valence electrons. The van der Waals surface area contributed by atoms with Crippen molar-refractivity contribution >= 4 is 27.5 Å². The van der Waals surface area contributed by atoms with E-state index < -0.39 is 17.3 Å². The Morgan fingerprint density at radius 3 is 2.75 bits per heavy atom. The Morgan fingerprint density at radius 1 is 1.62 bits per heavy atom. The van der Waals surface area contributed by atoms with Gasteiger partial charge in [-0.15, -0.1) is 0 Å². The second-order valence-corrected chi connectivity index (χ2v) is 4.68. The van der Waals surface area contributed by atoms with E-state index in [4.69, 9.17) is 5.73 Å². The van der Waals surface area contributed by atoms with Crippen LogP contribution in [0.15, 0.2) is 22.7 Å². The van der Waals surface area contributed by atoms with Gasteiger partial charge in [0, 0.05) is 4.47 Å². The molecule has 0 saturated heterocycles. The molecule has 0 bridgehead atoms. The lowest BCUT2D eigenvalue weighted by Gasteiger charge is -2.22. The van der Waals surface area contributed by atoms with Crippen LogP contribution in [0.3, 0.4) is 0 Å². The molecule has 0 fully saturated rings. The van der Waals surface area contributed by atoms with Crippen LogP contribution in [0.2, 0.25) is 0 Å². The minimum atomic E-state index is -0.998. The molecule has 0 spiro atoms. The van der Waals surface area contributed by atoms with Gasteiger partial charge in [0.2, 0.25) is 5.91 Å². The van der Waals surface area contributed by atoms with Gasteiger partial charge in [0.15, 0.2) is 0 Å². The zero-order chi connectivity index (χ0) is 12.3. The molecular weight excluding hydrogens is 275 g/mol. The van der Waals surface area contributed by atoms with Crippen molar-refractivity contribution in [2.24, 2.45) is 5.73 Å². The van der Waals surface area contributed by atoms with E-state index in [9.17, 15) is 9.18 Å². The second kappa shape index (κ2) is 4.93. The van der Waals surface area contributed by atoms with E-state index >= 15 is 0 Å². The number of anilines is 1. The highest BCUT2D eigenvalue weighted by Gasteiger charge is 2.27. The van der Waals surface area contributed by atoms with Crippen LogP contribution in [0.5, 0.6) is 0 Å². The molecule has 0 aliphatic carbocycles. The van der Waals surface area contributed by atoms with Crippen molar-refractivity contribution in [3.05, 3.63) is 28.5 Å². The summed E-state index contributed by atoms with van der Waals surface area (Å²) in [6.07, 6.45) is 0.477. The Bertz CT molecular complexity index is 387. The lowest BCUT2D eigenvalue weighted by Crippen LogP contribution is -2.47. The smallest absolute Gasteiger partial charge is 0.244 e. The van der Waals surface area contributed by atoms with Crippen molar-refractivity contribution in [1.82, 2.24) is 0 Å². The molecule has 3 N–H and O–H groups in total. The van der Waals surface area contributed by atoms with Crippen LogP contribution in [0.4, 0.5) is 10.1 Å². The molecule has 3 nitrogen and oxygen atoms in total. The van der Waals surface area contributed by atoms with E-state index in [-0.39, 0.29) is 5.69 Å². The Labute approximate surface area is 102 Å². The van der Waals surface area contributed by atoms with Gasteiger partial charge in [0.25, 0.3) is 0 Å². The van der Waals surface area contributed by atoms with E-state index in [1.807, 2.05) is 0 Å². The van der Waals surface area contributed by atoms with Crippen molar-refractivity contribution in [2.45, 2.75) is 25.8 Å². The fourth-order valence-corrected chi connectivity index (χ4v) is 1.48. The summed E-state index contributed by atoms with van der Waals surface area (Å²) in [5, 5.41) is 2.48. The molecule has 1 aromatic carbocycles. The summed E-state index contributed by atoms with van der Waals surface area (Å²) in [5.74, 6) is -0.893. The van der Waals surface area contributed by atoms with Crippen LogP contribution < -0.4 is 11.1 Å². The highest BCUT2D eigenvalue weighted by Crippen LogP contribution is 2.26. The average Bonchev–Trinajstić information content (AvgIpc) is 2.23. The number of para-hydroxylation sites is 1. The third-order valence-electron chi connectivity index (χ3n) is 2.45. The minimum Gasteiger partial charge on any atom is -0.321 e. The van der Waals surface area contributed by atoms with Crippen molar-refractivity contribution in [2.75, 3.05) is 5.32 Å². The summed E-state index contributed by atoms with van der Waals surface area (Å²) in [6.45, 7) is 3.41. The summed E-state index contributed by atoms with van der Waals surface area (Å²) in [4.78, 5) is 11.7. The molecule has 0 heterocycles. The summed E-state index contributed by atoms with van der Waals surface area (Å²) in [5.41, 5.74) is 4.88. The summed E-state index contributed by atoms with van der Waals surface area (Å²) in [7, 11) is 0. The van der Waals surface area contributed by atoms with Gasteiger partial charge in [-0.3, -0.25) is 4.79 Å². The van der Waals surface area contributed by atoms with Gasteiger partial charge < -0.3 is 11.1 Å². The average molecular weight is 289 g/mol. The van der Waals surface area contributed by atoms with Crippen LogP contribution in [-0.4, -0.2) is 11.4 Å². The molecule has 1 unspecified atom stereocenters. The maximum atomic E-state index is 13.4. The Morgan fingerprint density at radius 2 is 2.25 bits per heavy atom. The number of nitrogens with one attached hydrogen (secondary N) is 1. The number of carbonyl (C=O) groups excluding carboxylic acids is 1. The molecule has 0 saturated carbocycles. The monoisotopic (exact) mass is 288 g/mol. The number of benzene rings is 1. The molecule has 0 radical (unpaired) electrons. The van der Waals surface area contributed by atoms with Crippen molar-refractivity contribution in [1.29, 1.82) is 0 Å². The number of hydrogen-bond donors (Lipinski definition) is 2. The van der Waals surface area contributed by atoms with E-state index in [0.717, 1.165) is 0 Å². The summed E-state index contributed by atoms with van der Waals surface area (Å²) in [6, 6.07) is 4.48. The van der Waals surface area contributed by atoms with Crippen LogP contribution in [0.1, 0.15) is 20.3 Å². The van der Waals surface area contributed by atoms with Crippen molar-refractivity contribution < 1.29 is 9.18 Å². The lowest BCUT2D eigenvalue weighted by atomic mass is 9.99. The van der Waals surface area contributed by atoms with E-state index in [0.29, 0.717) is 10.9 Å². The molecule has 5 heteroatoms. The molecule has 1 rings (SSSR count). The first-order chi connectivity index (χ1) is 7.38. The van der Waals surface area contributed by atoms with Crippen LogP contribution in [0.25, 0.3) is 0 Å². The first-order valence-corrected chi connectivity index (χ1v) is 5.72. The third-order valence-corrected chi connectivity index (χ3v) is 3.12. The van der Waals surface area contributed by atoms with Gasteiger partial charge in [-0.05, 0) is 41.4 Å². The maximum absolute atomic E-state index is 13.4. The Kier molecular flexibility index (Phi) is 4.04. The first kappa shape index (κ1) is 13.1. The predicted octanol–water partition coefficient (Wildman–Crippen LogP) is 2.65.